The van der Waals surface area contributed by atoms with Gasteiger partial charge in [0.2, 0.25) is 11.8 Å². The van der Waals surface area contributed by atoms with E-state index in [0.717, 1.165) is 97.0 Å². The average Bonchev–Trinajstić information content (AvgIpc) is 4.28. The Morgan fingerprint density at radius 3 is 1.56 bits per heavy atom. The van der Waals surface area contributed by atoms with Gasteiger partial charge < -0.3 is 50.8 Å². The number of amides is 2. The van der Waals surface area contributed by atoms with E-state index in [-0.39, 0.29) is 11.8 Å². The molecule has 2 amide bonds. The van der Waals surface area contributed by atoms with Crippen molar-refractivity contribution in [2.45, 2.75) is 37.8 Å². The summed E-state index contributed by atoms with van der Waals surface area (Å²) in [6.07, 6.45) is 24.8. The Morgan fingerprint density at radius 1 is 0.636 bits per heavy atom. The molecule has 22 nitrogen and oxygen atoms in total. The zero-order valence-electron chi connectivity index (χ0n) is 44.8. The first kappa shape index (κ1) is 54.8. The lowest BCUT2D eigenvalue weighted by atomic mass is 10.0. The Kier molecular flexibility index (Phi) is 17.4. The first-order chi connectivity index (χ1) is 37.0. The minimum atomic E-state index is -0.274. The number of benzene rings is 2. The van der Waals surface area contributed by atoms with Gasteiger partial charge in [-0.1, -0.05) is 24.8 Å². The van der Waals surface area contributed by atoms with Gasteiger partial charge in [-0.2, -0.15) is 10.2 Å². The van der Waals surface area contributed by atoms with E-state index in [9.17, 15) is 9.59 Å². The lowest BCUT2D eigenvalue weighted by Crippen LogP contribution is -2.42. The van der Waals surface area contributed by atoms with E-state index in [0.29, 0.717) is 57.3 Å². The number of anilines is 7. The number of nitrogens with zero attached hydrogens (tertiary/aromatic N) is 14. The molecule has 0 unspecified atom stereocenters. The van der Waals surface area contributed by atoms with Crippen molar-refractivity contribution in [2.24, 2.45) is 14.1 Å². The van der Waals surface area contributed by atoms with Gasteiger partial charge in [0.25, 0.3) is 0 Å². The normalized spacial score (nSPS) is 14.0. The van der Waals surface area contributed by atoms with Crippen molar-refractivity contribution in [3.63, 3.8) is 0 Å². The number of hydrogen-bond donors (Lipinski definition) is 4. The van der Waals surface area contributed by atoms with Crippen LogP contribution >= 0.6 is 11.6 Å². The van der Waals surface area contributed by atoms with Crippen LogP contribution in [-0.4, -0.2) is 151 Å². The predicted molar refractivity (Wildman–Crippen MR) is 305 cm³/mol. The van der Waals surface area contributed by atoms with Crippen LogP contribution in [0.1, 0.15) is 25.7 Å². The molecule has 0 radical (unpaired) electrons. The molecule has 8 heterocycles. The summed E-state index contributed by atoms with van der Waals surface area (Å²) in [5.74, 6) is 1.33. The zero-order chi connectivity index (χ0) is 54.9. The Balaban J connectivity index is 0.000000170. The summed E-state index contributed by atoms with van der Waals surface area (Å²) in [5.41, 5.74) is 15.7. The largest absolute Gasteiger partial charge is 0.495 e. The first-order valence-corrected chi connectivity index (χ1v) is 25.4. The van der Waals surface area contributed by atoms with Crippen molar-refractivity contribution >= 4 is 74.7 Å². The van der Waals surface area contributed by atoms with Crippen LogP contribution < -0.4 is 41.0 Å². The number of nitrogen functional groups attached to an aromatic ring is 1. The van der Waals surface area contributed by atoms with E-state index < -0.39 is 0 Å². The molecule has 6 aromatic heterocycles. The van der Waals surface area contributed by atoms with Crippen molar-refractivity contribution in [1.82, 2.24) is 58.1 Å². The quantitative estimate of drug-likeness (QED) is 0.0622. The van der Waals surface area contributed by atoms with Crippen LogP contribution in [-0.2, 0) is 23.7 Å². The molecular formula is C54H67ClN18O4. The highest BCUT2D eigenvalue weighted by molar-refractivity contribution is 6.29. The van der Waals surface area contributed by atoms with E-state index in [4.69, 9.17) is 26.8 Å². The summed E-state index contributed by atoms with van der Waals surface area (Å²) in [6, 6.07) is 8.62. The number of aromatic nitrogens is 10. The number of ether oxygens (including phenoxy) is 2. The lowest BCUT2D eigenvalue weighted by molar-refractivity contribution is -0.112. The molecule has 77 heavy (non-hydrogen) atoms. The number of carbonyl (C=O) groups is 2. The summed E-state index contributed by atoms with van der Waals surface area (Å²) in [5, 5.41) is 18.0. The van der Waals surface area contributed by atoms with E-state index >= 15 is 0 Å². The SMILES string of the molecule is C=CC(=O)Nc1cc(N)c(OC)cc1N1CCC(N(C)C)CC1.C=CC(=O)Nc1cc(Nc2cn3c(-c4cnn(C)c4)cnc3cn2)c(OC)cc1N1CCC(N(C)C)CC1.Cn1cc(-c2cnc3cnc(Cl)cn23)cn1. The van der Waals surface area contributed by atoms with Crippen LogP contribution in [0, 0.1) is 0 Å². The second-order valence-corrected chi connectivity index (χ2v) is 19.5. The first-order valence-electron chi connectivity index (χ1n) is 25.0. The molecule has 23 heteroatoms. The molecule has 0 spiro atoms. The second-order valence-electron chi connectivity index (χ2n) is 19.1. The van der Waals surface area contributed by atoms with Crippen molar-refractivity contribution in [2.75, 3.05) is 100 Å². The molecule has 0 atom stereocenters. The summed E-state index contributed by atoms with van der Waals surface area (Å²) in [7, 11) is 15.5. The highest BCUT2D eigenvalue weighted by Gasteiger charge is 2.26. The van der Waals surface area contributed by atoms with E-state index in [2.05, 4.69) is 107 Å². The second kappa shape index (κ2) is 24.5. The topological polar surface area (TPSA) is 224 Å². The lowest BCUT2D eigenvalue weighted by Gasteiger charge is -2.37. The number of piperidine rings is 2. The van der Waals surface area contributed by atoms with Gasteiger partial charge in [0.05, 0.1) is 103 Å². The minimum Gasteiger partial charge on any atom is -0.495 e. The maximum absolute atomic E-state index is 12.3. The summed E-state index contributed by atoms with van der Waals surface area (Å²) < 4.78 is 18.5. The number of nitrogens with two attached hydrogens (primary N) is 1. The molecule has 2 aromatic carbocycles. The number of hydrogen-bond acceptors (Lipinski definition) is 16. The third kappa shape index (κ3) is 13.0. The number of nitrogens with one attached hydrogen (secondary N) is 3. The summed E-state index contributed by atoms with van der Waals surface area (Å²) in [6.45, 7) is 10.7. The molecular weight excluding hydrogens is 1000 g/mol. The Hall–Kier alpha value is -8.47. The molecule has 8 aromatic rings. The Labute approximate surface area is 452 Å². The van der Waals surface area contributed by atoms with Crippen LogP contribution in [0.3, 0.4) is 0 Å². The summed E-state index contributed by atoms with van der Waals surface area (Å²) in [4.78, 5) is 50.4. The fraction of sp³-hybridized carbons (Fsp3) is 0.333. The Morgan fingerprint density at radius 2 is 1.10 bits per heavy atom. The number of carbonyl (C=O) groups excluding carboxylic acids is 2. The third-order valence-electron chi connectivity index (χ3n) is 13.6. The minimum absolute atomic E-state index is 0.251. The van der Waals surface area contributed by atoms with Crippen LogP contribution in [0.4, 0.5) is 39.9 Å². The number of imidazole rings is 2. The zero-order valence-corrected chi connectivity index (χ0v) is 45.6. The highest BCUT2D eigenvalue weighted by Crippen LogP contribution is 2.40. The van der Waals surface area contributed by atoms with Gasteiger partial charge in [0.1, 0.15) is 22.5 Å². The highest BCUT2D eigenvalue weighted by atomic mass is 35.5. The predicted octanol–water partition coefficient (Wildman–Crippen LogP) is 7.25. The maximum Gasteiger partial charge on any atom is 0.247 e. The number of halogens is 1. The molecule has 0 saturated carbocycles. The van der Waals surface area contributed by atoms with Crippen LogP contribution in [0.25, 0.3) is 33.8 Å². The van der Waals surface area contributed by atoms with Crippen LogP contribution in [0.2, 0.25) is 5.15 Å². The standard InChI is InChI=1S/C27H33N9O2.C17H26N4O2.C10H8ClN5/c1-6-27(37)32-20-11-21(24(38-5)12-22(20)35-9-7-19(8-10-35)33(2)3)31-25-17-36-23(14-29-26(36)15-28-25)18-13-30-34(4)16-18;1-5-17(22)19-14-10-13(18)16(23-4)11-15(14)21-8-6-12(7-9-21)20(2)3;1-15-5-7(2-14-15)8-3-13-10-4-12-9(11)6-16(8)10/h6,11-17,19,31H,1,7-10H2,2-5H3,(H,32,37);5,10-12H,1,6-9,18H2,2-4H3,(H,19,22);2-6H,1H3. The van der Waals surface area contributed by atoms with Gasteiger partial charge in [-0.25, -0.2) is 19.9 Å². The van der Waals surface area contributed by atoms with Gasteiger partial charge in [-0.3, -0.25) is 27.8 Å². The molecule has 10 rings (SSSR count). The fourth-order valence-corrected chi connectivity index (χ4v) is 9.57. The van der Waals surface area contributed by atoms with Gasteiger partial charge in [-0.05, 0) is 78.2 Å². The van der Waals surface area contributed by atoms with Gasteiger partial charge in [0.15, 0.2) is 11.3 Å². The fourth-order valence-electron chi connectivity index (χ4n) is 9.43. The van der Waals surface area contributed by atoms with Crippen LogP contribution in [0.15, 0.2) is 112 Å². The number of methoxy groups -OCH3 is 2. The number of rotatable bonds is 14. The van der Waals surface area contributed by atoms with Crippen molar-refractivity contribution in [3.8, 4) is 34.0 Å². The van der Waals surface area contributed by atoms with Gasteiger partial charge in [0, 0.05) is 94.2 Å². The van der Waals surface area contributed by atoms with E-state index in [1.807, 2.05) is 59.7 Å². The smallest absolute Gasteiger partial charge is 0.247 e. The molecule has 404 valence electrons. The molecule has 0 aliphatic carbocycles. The molecule has 2 saturated heterocycles. The molecule has 2 aliphatic heterocycles. The summed E-state index contributed by atoms with van der Waals surface area (Å²) >= 11 is 5.86. The Bertz CT molecular complexity index is 3360. The number of fused-ring (bicyclic) bond motifs is 2. The number of aryl methyl sites for hydroxylation is 2. The molecule has 5 N–H and O–H groups in total. The average molecular weight is 1070 g/mol. The van der Waals surface area contributed by atoms with Gasteiger partial charge >= 0.3 is 0 Å². The molecule has 0 bridgehead atoms. The van der Waals surface area contributed by atoms with E-state index in [1.54, 1.807) is 73.0 Å². The molecule has 2 aliphatic rings. The monoisotopic (exact) mass is 1070 g/mol. The van der Waals surface area contributed by atoms with Crippen molar-refractivity contribution in [3.05, 3.63) is 117 Å². The molecule has 2 fully saturated rings. The van der Waals surface area contributed by atoms with Crippen molar-refractivity contribution < 1.29 is 19.1 Å². The third-order valence-corrected chi connectivity index (χ3v) is 13.8. The van der Waals surface area contributed by atoms with E-state index in [1.165, 1.54) is 12.2 Å². The van der Waals surface area contributed by atoms with Gasteiger partial charge in [-0.15, -0.1) is 0 Å². The van der Waals surface area contributed by atoms with Crippen LogP contribution in [0.5, 0.6) is 11.5 Å². The maximum atomic E-state index is 12.3. The van der Waals surface area contributed by atoms with Crippen molar-refractivity contribution in [1.29, 1.82) is 0 Å².